The Morgan fingerprint density at radius 1 is 1.13 bits per heavy atom. The zero-order valence-corrected chi connectivity index (χ0v) is 18.1. The highest BCUT2D eigenvalue weighted by molar-refractivity contribution is 5.76. The lowest BCUT2D eigenvalue weighted by Gasteiger charge is -2.26. The Labute approximate surface area is 178 Å². The number of aryl methyl sites for hydroxylation is 1. The van der Waals surface area contributed by atoms with Crippen LogP contribution < -0.4 is 4.90 Å². The summed E-state index contributed by atoms with van der Waals surface area (Å²) in [5.41, 5.74) is 0.870. The van der Waals surface area contributed by atoms with E-state index in [1.165, 1.54) is 32.1 Å². The third-order valence-electron chi connectivity index (χ3n) is 6.29. The summed E-state index contributed by atoms with van der Waals surface area (Å²) in [6.45, 7) is 5.31. The van der Waals surface area contributed by atoms with E-state index in [2.05, 4.69) is 31.8 Å². The summed E-state index contributed by atoms with van der Waals surface area (Å²) in [7, 11) is 0. The molecule has 7 heteroatoms. The molecule has 4 rings (SSSR count). The highest BCUT2D eigenvalue weighted by Gasteiger charge is 2.25. The van der Waals surface area contributed by atoms with E-state index >= 15 is 0 Å². The Hall–Kier alpha value is -2.44. The predicted molar refractivity (Wildman–Crippen MR) is 116 cm³/mol. The zero-order valence-electron chi connectivity index (χ0n) is 18.1. The fourth-order valence-corrected chi connectivity index (χ4v) is 4.65. The van der Waals surface area contributed by atoms with E-state index in [4.69, 9.17) is 4.52 Å². The van der Waals surface area contributed by atoms with Crippen molar-refractivity contribution in [2.24, 2.45) is 5.92 Å². The van der Waals surface area contributed by atoms with Gasteiger partial charge >= 0.3 is 0 Å². The van der Waals surface area contributed by atoms with Gasteiger partial charge in [-0.2, -0.15) is 4.98 Å². The first-order valence-electron chi connectivity index (χ1n) is 11.5. The third kappa shape index (κ3) is 4.99. The van der Waals surface area contributed by atoms with Crippen LogP contribution in [0.4, 0.5) is 5.82 Å². The van der Waals surface area contributed by atoms with Gasteiger partial charge < -0.3 is 14.3 Å². The molecule has 0 atom stereocenters. The van der Waals surface area contributed by atoms with Gasteiger partial charge in [0.2, 0.25) is 5.91 Å². The third-order valence-corrected chi connectivity index (χ3v) is 6.29. The number of carbonyl (C=O) groups is 1. The maximum atomic E-state index is 12.9. The molecule has 0 spiro atoms. The van der Waals surface area contributed by atoms with Gasteiger partial charge in [0.25, 0.3) is 5.89 Å². The molecule has 1 amide bonds. The molecule has 0 N–H and O–H groups in total. The van der Waals surface area contributed by atoms with Gasteiger partial charge in [-0.3, -0.25) is 4.79 Å². The number of aromatic nitrogens is 3. The number of amides is 1. The number of nitrogens with zero attached hydrogens (tertiary/aromatic N) is 5. The van der Waals surface area contributed by atoms with Crippen LogP contribution in [0.15, 0.2) is 22.9 Å². The minimum atomic E-state index is 0.325. The minimum Gasteiger partial charge on any atom is -0.354 e. The summed E-state index contributed by atoms with van der Waals surface area (Å²) in [5.74, 6) is 3.04. The highest BCUT2D eigenvalue weighted by Crippen LogP contribution is 2.29. The number of rotatable bonds is 6. The SMILES string of the molecule is CCCc1noc(-c2cccnc2N2CCCN(C(=O)CC3CCCCC3)CC2)n1. The van der Waals surface area contributed by atoms with E-state index in [9.17, 15) is 4.79 Å². The second kappa shape index (κ2) is 10.0. The zero-order chi connectivity index (χ0) is 20.8. The first-order chi connectivity index (χ1) is 14.7. The molecule has 0 unspecified atom stereocenters. The van der Waals surface area contributed by atoms with Crippen molar-refractivity contribution in [3.05, 3.63) is 24.2 Å². The molecular formula is C23H33N5O2. The Balaban J connectivity index is 1.42. The number of hydrogen-bond donors (Lipinski definition) is 0. The van der Waals surface area contributed by atoms with Crippen molar-refractivity contribution < 1.29 is 9.32 Å². The van der Waals surface area contributed by atoms with E-state index in [0.717, 1.165) is 69.1 Å². The quantitative estimate of drug-likeness (QED) is 0.713. The van der Waals surface area contributed by atoms with Crippen LogP contribution in [0.25, 0.3) is 11.5 Å². The lowest BCUT2D eigenvalue weighted by atomic mass is 9.86. The Kier molecular flexibility index (Phi) is 6.97. The average molecular weight is 412 g/mol. The summed E-state index contributed by atoms with van der Waals surface area (Å²) >= 11 is 0. The first kappa shape index (κ1) is 20.8. The molecule has 162 valence electrons. The van der Waals surface area contributed by atoms with Crippen molar-refractivity contribution in [2.75, 3.05) is 31.1 Å². The molecule has 3 heterocycles. The van der Waals surface area contributed by atoms with Crippen molar-refractivity contribution in [2.45, 2.75) is 64.7 Å². The van der Waals surface area contributed by atoms with Gasteiger partial charge in [0.15, 0.2) is 5.82 Å². The molecule has 0 radical (unpaired) electrons. The van der Waals surface area contributed by atoms with Crippen molar-refractivity contribution in [1.82, 2.24) is 20.0 Å². The molecule has 7 nitrogen and oxygen atoms in total. The van der Waals surface area contributed by atoms with Crippen molar-refractivity contribution in [3.63, 3.8) is 0 Å². The molecule has 1 saturated heterocycles. The normalized spacial score (nSPS) is 18.4. The number of hydrogen-bond acceptors (Lipinski definition) is 6. The molecule has 2 aromatic rings. The molecule has 2 aromatic heterocycles. The van der Waals surface area contributed by atoms with E-state index < -0.39 is 0 Å². The topological polar surface area (TPSA) is 75.4 Å². The van der Waals surface area contributed by atoms with Gasteiger partial charge in [-0.1, -0.05) is 31.3 Å². The molecule has 1 aliphatic carbocycles. The molecule has 30 heavy (non-hydrogen) atoms. The Morgan fingerprint density at radius 3 is 2.83 bits per heavy atom. The van der Waals surface area contributed by atoms with Crippen LogP contribution in [0.2, 0.25) is 0 Å². The second-order valence-electron chi connectivity index (χ2n) is 8.57. The van der Waals surface area contributed by atoms with Crippen LogP contribution in [-0.4, -0.2) is 52.1 Å². The number of carbonyl (C=O) groups excluding carboxylic acids is 1. The van der Waals surface area contributed by atoms with E-state index in [0.29, 0.717) is 17.7 Å². The average Bonchev–Trinajstić information content (AvgIpc) is 3.09. The molecule has 1 aliphatic heterocycles. The first-order valence-corrected chi connectivity index (χ1v) is 11.5. The lowest BCUT2D eigenvalue weighted by molar-refractivity contribution is -0.132. The van der Waals surface area contributed by atoms with Crippen LogP contribution in [0.5, 0.6) is 0 Å². The largest absolute Gasteiger partial charge is 0.354 e. The molecule has 0 bridgehead atoms. The van der Waals surface area contributed by atoms with Crippen molar-refractivity contribution in [3.8, 4) is 11.5 Å². The second-order valence-corrected chi connectivity index (χ2v) is 8.57. The lowest BCUT2D eigenvalue weighted by Crippen LogP contribution is -2.36. The summed E-state index contributed by atoms with van der Waals surface area (Å²) < 4.78 is 5.52. The van der Waals surface area contributed by atoms with Gasteiger partial charge in [0.05, 0.1) is 5.56 Å². The monoisotopic (exact) mass is 411 g/mol. The fraction of sp³-hybridized carbons (Fsp3) is 0.652. The Bertz CT molecular complexity index is 831. The maximum Gasteiger partial charge on any atom is 0.261 e. The summed E-state index contributed by atoms with van der Waals surface area (Å²) in [6, 6.07) is 3.89. The van der Waals surface area contributed by atoms with Crippen LogP contribution in [0.1, 0.15) is 64.1 Å². The van der Waals surface area contributed by atoms with Gasteiger partial charge in [0.1, 0.15) is 5.82 Å². The van der Waals surface area contributed by atoms with Crippen LogP contribution in [-0.2, 0) is 11.2 Å². The molecule has 0 aromatic carbocycles. The Morgan fingerprint density at radius 2 is 2.00 bits per heavy atom. The molecule has 2 aliphatic rings. The summed E-state index contributed by atoms with van der Waals surface area (Å²) in [6.07, 6.45) is 11.6. The standard InChI is InChI=1S/C23H33N5O2/c1-2-8-20-25-23(30-26-20)19-11-6-12-24-22(19)28-14-7-13-27(15-16-28)21(29)17-18-9-4-3-5-10-18/h6,11-12,18H,2-5,7-10,13-17H2,1H3. The number of pyridine rings is 1. The van der Waals surface area contributed by atoms with Gasteiger partial charge in [0, 0.05) is 45.2 Å². The molecule has 2 fully saturated rings. The van der Waals surface area contributed by atoms with Crippen LogP contribution in [0.3, 0.4) is 0 Å². The van der Waals surface area contributed by atoms with E-state index in [1.54, 1.807) is 6.20 Å². The van der Waals surface area contributed by atoms with Crippen LogP contribution >= 0.6 is 0 Å². The summed E-state index contributed by atoms with van der Waals surface area (Å²) in [5, 5.41) is 4.09. The highest BCUT2D eigenvalue weighted by atomic mass is 16.5. The van der Waals surface area contributed by atoms with Gasteiger partial charge in [-0.25, -0.2) is 4.98 Å². The van der Waals surface area contributed by atoms with Crippen molar-refractivity contribution in [1.29, 1.82) is 0 Å². The van der Waals surface area contributed by atoms with E-state index in [-0.39, 0.29) is 0 Å². The molecular weight excluding hydrogens is 378 g/mol. The van der Waals surface area contributed by atoms with Crippen LogP contribution in [0, 0.1) is 5.92 Å². The summed E-state index contributed by atoms with van der Waals surface area (Å²) in [4.78, 5) is 26.4. The fourth-order valence-electron chi connectivity index (χ4n) is 4.65. The van der Waals surface area contributed by atoms with Gasteiger partial charge in [-0.05, 0) is 43.7 Å². The number of anilines is 1. The maximum absolute atomic E-state index is 12.9. The smallest absolute Gasteiger partial charge is 0.261 e. The van der Waals surface area contributed by atoms with E-state index in [1.807, 2.05) is 12.1 Å². The van der Waals surface area contributed by atoms with Crippen molar-refractivity contribution >= 4 is 11.7 Å². The minimum absolute atomic E-state index is 0.325. The van der Waals surface area contributed by atoms with Gasteiger partial charge in [-0.15, -0.1) is 0 Å². The predicted octanol–water partition coefficient (Wildman–Crippen LogP) is 4.09. The molecule has 1 saturated carbocycles.